The summed E-state index contributed by atoms with van der Waals surface area (Å²) in [7, 11) is -4.31. The second-order valence-corrected chi connectivity index (χ2v) is 8.45. The number of hydrogen-bond acceptors (Lipinski definition) is 5. The maximum absolute atomic E-state index is 12.0. The van der Waals surface area contributed by atoms with Crippen LogP contribution in [-0.4, -0.2) is 30.9 Å². The van der Waals surface area contributed by atoms with Gasteiger partial charge in [-0.2, -0.15) is 13.2 Å². The molecule has 0 saturated carbocycles. The van der Waals surface area contributed by atoms with Crippen molar-refractivity contribution in [3.8, 4) is 0 Å². The molecule has 0 aromatic carbocycles. The zero-order valence-corrected chi connectivity index (χ0v) is 18.7. The molecule has 0 bridgehead atoms. The molecule has 0 saturated heterocycles. The lowest BCUT2D eigenvalue weighted by molar-refractivity contribution is -0.846. The van der Waals surface area contributed by atoms with Gasteiger partial charge in [0, 0.05) is 13.5 Å². The van der Waals surface area contributed by atoms with Crippen molar-refractivity contribution < 1.29 is 40.2 Å². The van der Waals surface area contributed by atoms with Gasteiger partial charge in [-0.3, -0.25) is 4.79 Å². The van der Waals surface area contributed by atoms with Gasteiger partial charge in [-0.05, 0) is 11.2 Å². The molecule has 30 heavy (non-hydrogen) atoms. The summed E-state index contributed by atoms with van der Waals surface area (Å²) in [6, 6.07) is 0. The van der Waals surface area contributed by atoms with Gasteiger partial charge in [-0.25, -0.2) is 12.9 Å². The van der Waals surface area contributed by atoms with Gasteiger partial charge >= 0.3 is 5.51 Å². The first-order chi connectivity index (χ1) is 13.9. The SMILES string of the molecule is CCCCCCCCCCCCNC(=O)c1c[n+](C)oc1C.O=S(=O)([O-])C(F)(F)F. The maximum atomic E-state index is 12.0. The van der Waals surface area contributed by atoms with Gasteiger partial charge in [0.15, 0.2) is 28.5 Å². The smallest absolute Gasteiger partial charge is 0.485 e. The van der Waals surface area contributed by atoms with E-state index < -0.39 is 15.6 Å². The van der Waals surface area contributed by atoms with E-state index in [1.165, 1.54) is 57.8 Å². The van der Waals surface area contributed by atoms with E-state index in [-0.39, 0.29) is 5.91 Å². The summed E-state index contributed by atoms with van der Waals surface area (Å²) in [5.74, 6) is 0.640. The first-order valence-electron chi connectivity index (χ1n) is 10.2. The van der Waals surface area contributed by atoms with Crippen molar-refractivity contribution in [2.75, 3.05) is 6.54 Å². The zero-order valence-electron chi connectivity index (χ0n) is 17.9. The van der Waals surface area contributed by atoms with Gasteiger partial charge in [0.1, 0.15) is 0 Å². The molecule has 176 valence electrons. The third-order valence-corrected chi connectivity index (χ3v) is 4.88. The van der Waals surface area contributed by atoms with E-state index >= 15 is 0 Å². The number of carbonyl (C=O) groups is 1. The summed E-state index contributed by atoms with van der Waals surface area (Å²) in [5.41, 5.74) is -5.01. The molecule has 0 aliphatic rings. The molecular weight excluding hydrogens is 425 g/mol. The fraction of sp³-hybridized carbons (Fsp3) is 0.789. The minimum atomic E-state index is -6.09. The first-order valence-corrected chi connectivity index (χ1v) is 11.6. The molecule has 1 heterocycles. The molecule has 0 unspecified atom stereocenters. The van der Waals surface area contributed by atoms with E-state index in [1.54, 1.807) is 18.0 Å². The number of aryl methyl sites for hydroxylation is 2. The predicted molar refractivity (Wildman–Crippen MR) is 105 cm³/mol. The topological polar surface area (TPSA) is 103 Å². The number of nitrogens with zero attached hydrogens (tertiary/aromatic N) is 1. The quantitative estimate of drug-likeness (QED) is 0.220. The Hall–Kier alpha value is -1.62. The summed E-state index contributed by atoms with van der Waals surface area (Å²) >= 11 is 0. The fourth-order valence-corrected chi connectivity index (χ4v) is 2.69. The Morgan fingerprint density at radius 1 is 1.07 bits per heavy atom. The number of aromatic nitrogens is 1. The zero-order chi connectivity index (χ0) is 23.2. The van der Waals surface area contributed by atoms with E-state index in [9.17, 15) is 18.0 Å². The number of rotatable bonds is 12. The largest absolute Gasteiger partial charge is 0.741 e. The van der Waals surface area contributed by atoms with Crippen LogP contribution in [0.1, 0.15) is 87.3 Å². The molecule has 1 aromatic rings. The number of unbranched alkanes of at least 4 members (excludes halogenated alkanes) is 9. The van der Waals surface area contributed by atoms with Crippen LogP contribution in [0, 0.1) is 6.92 Å². The van der Waals surface area contributed by atoms with Crippen LogP contribution in [-0.2, 0) is 17.2 Å². The molecule has 0 atom stereocenters. The van der Waals surface area contributed by atoms with Gasteiger partial charge in [-0.1, -0.05) is 64.7 Å². The number of nitrogens with one attached hydrogen (secondary N) is 1. The summed E-state index contributed by atoms with van der Waals surface area (Å²) in [4.78, 5) is 12.0. The van der Waals surface area contributed by atoms with Crippen LogP contribution in [0.3, 0.4) is 0 Å². The van der Waals surface area contributed by atoms with Crippen LogP contribution in [0.25, 0.3) is 0 Å². The monoisotopic (exact) mass is 458 g/mol. The maximum Gasteiger partial charge on any atom is 0.485 e. The molecule has 0 aliphatic carbocycles. The van der Waals surface area contributed by atoms with Crippen molar-refractivity contribution in [2.45, 2.75) is 83.6 Å². The normalized spacial score (nSPS) is 11.7. The minimum absolute atomic E-state index is 0.0298. The molecule has 11 heteroatoms. The predicted octanol–water partition coefficient (Wildman–Crippen LogP) is 4.11. The molecule has 1 rings (SSSR count). The summed E-state index contributed by atoms with van der Waals surface area (Å²) < 4.78 is 65.8. The van der Waals surface area contributed by atoms with Crippen LogP contribution in [0.15, 0.2) is 10.7 Å². The Balaban J connectivity index is 0.000000890. The standard InChI is InChI=1S/C18H32N2O2.CHF3O3S/c1-4-5-6-7-8-9-10-11-12-13-14-19-18(21)17-15-20(3)22-16(17)2;2-1(3,4)8(5,6)7/h15H,4-14H2,1-3H3;(H,5,6,7). The van der Waals surface area contributed by atoms with Crippen molar-refractivity contribution in [2.24, 2.45) is 7.05 Å². The van der Waals surface area contributed by atoms with Crippen molar-refractivity contribution in [3.05, 3.63) is 17.5 Å². The van der Waals surface area contributed by atoms with Gasteiger partial charge in [0.2, 0.25) is 6.20 Å². The molecule has 0 radical (unpaired) electrons. The lowest BCUT2D eigenvalue weighted by Gasteiger charge is -2.08. The van der Waals surface area contributed by atoms with Gasteiger partial charge in [-0.15, -0.1) is 0 Å². The third kappa shape index (κ3) is 12.8. The average molecular weight is 459 g/mol. The Morgan fingerprint density at radius 2 is 1.50 bits per heavy atom. The van der Waals surface area contributed by atoms with Crippen molar-refractivity contribution >= 4 is 16.0 Å². The molecule has 0 spiro atoms. The number of alkyl halides is 3. The van der Waals surface area contributed by atoms with E-state index in [0.29, 0.717) is 11.3 Å². The average Bonchev–Trinajstić information content (AvgIpc) is 2.96. The molecule has 1 N–H and O–H groups in total. The lowest BCUT2D eigenvalue weighted by atomic mass is 10.1. The van der Waals surface area contributed by atoms with Crippen LogP contribution in [0.2, 0.25) is 0 Å². The van der Waals surface area contributed by atoms with Crippen LogP contribution in [0.5, 0.6) is 0 Å². The van der Waals surface area contributed by atoms with E-state index in [4.69, 9.17) is 17.5 Å². The Morgan fingerprint density at radius 3 is 1.87 bits per heavy atom. The summed E-state index contributed by atoms with van der Waals surface area (Å²) in [6.07, 6.45) is 14.8. The Labute approximate surface area is 176 Å². The van der Waals surface area contributed by atoms with E-state index in [2.05, 4.69) is 12.2 Å². The molecular formula is C19H33F3N2O5S. The molecule has 0 fully saturated rings. The molecule has 1 aromatic heterocycles. The highest BCUT2D eigenvalue weighted by molar-refractivity contribution is 7.86. The summed E-state index contributed by atoms with van der Waals surface area (Å²) in [5, 5.41) is 2.97. The molecule has 0 aliphatic heterocycles. The Kier molecular flexibility index (Phi) is 13.6. The summed E-state index contributed by atoms with van der Waals surface area (Å²) in [6.45, 7) is 4.83. The van der Waals surface area contributed by atoms with Crippen molar-refractivity contribution in [1.82, 2.24) is 5.32 Å². The second kappa shape index (κ2) is 14.4. The first kappa shape index (κ1) is 28.4. The molecule has 7 nitrogen and oxygen atoms in total. The van der Waals surface area contributed by atoms with Crippen LogP contribution in [0.4, 0.5) is 13.2 Å². The number of halogens is 3. The number of amides is 1. The van der Waals surface area contributed by atoms with E-state index in [0.717, 1.165) is 13.0 Å². The van der Waals surface area contributed by atoms with Gasteiger partial charge in [0.05, 0.1) is 0 Å². The molecule has 1 amide bonds. The fourth-order valence-electron chi connectivity index (χ4n) is 2.69. The lowest BCUT2D eigenvalue weighted by Crippen LogP contribution is -2.27. The second-order valence-electron chi connectivity index (χ2n) is 7.07. The highest BCUT2D eigenvalue weighted by Crippen LogP contribution is 2.20. The van der Waals surface area contributed by atoms with Crippen LogP contribution >= 0.6 is 0 Å². The minimum Gasteiger partial charge on any atom is -0.741 e. The highest BCUT2D eigenvalue weighted by atomic mass is 32.2. The highest BCUT2D eigenvalue weighted by Gasteiger charge is 2.36. The van der Waals surface area contributed by atoms with Crippen molar-refractivity contribution in [3.63, 3.8) is 0 Å². The number of hydrogen-bond donors (Lipinski definition) is 1. The Bertz CT molecular complexity index is 718. The van der Waals surface area contributed by atoms with Gasteiger partial charge < -0.3 is 9.87 Å². The van der Waals surface area contributed by atoms with Crippen LogP contribution < -0.4 is 10.1 Å². The van der Waals surface area contributed by atoms with E-state index in [1.807, 2.05) is 6.92 Å². The van der Waals surface area contributed by atoms with Crippen molar-refractivity contribution in [1.29, 1.82) is 0 Å². The number of carbonyl (C=O) groups excluding carboxylic acids is 1. The third-order valence-electron chi connectivity index (χ3n) is 4.32. The van der Waals surface area contributed by atoms with Gasteiger partial charge in [0.25, 0.3) is 5.91 Å².